The van der Waals surface area contributed by atoms with Crippen molar-refractivity contribution < 1.29 is 9.53 Å². The lowest BCUT2D eigenvalue weighted by Crippen LogP contribution is -2.53. The molecule has 3 rings (SSSR count). The number of benzene rings is 1. The molecule has 1 aromatic rings. The first-order chi connectivity index (χ1) is 14.1. The van der Waals surface area contributed by atoms with E-state index in [-0.39, 0.29) is 36.5 Å². The highest BCUT2D eigenvalue weighted by atomic mass is 127. The van der Waals surface area contributed by atoms with Gasteiger partial charge in [-0.15, -0.1) is 24.0 Å². The first kappa shape index (κ1) is 24.7. The molecule has 2 aliphatic heterocycles. The lowest BCUT2D eigenvalue weighted by Gasteiger charge is -2.37. The van der Waals surface area contributed by atoms with E-state index in [9.17, 15) is 4.79 Å². The van der Waals surface area contributed by atoms with E-state index >= 15 is 0 Å². The number of anilines is 1. The van der Waals surface area contributed by atoms with Crippen LogP contribution in [0.25, 0.3) is 0 Å². The molecule has 0 atom stereocenters. The summed E-state index contributed by atoms with van der Waals surface area (Å²) in [6.07, 6.45) is 0.822. The molecule has 1 N–H and O–H groups in total. The second-order valence-electron chi connectivity index (χ2n) is 8.07. The molecular formula is C22H36IN5O2. The number of carbonyl (C=O) groups excluding carboxylic acids is 1. The Balaban J connectivity index is 0.00000320. The Hall–Kier alpha value is -1.55. The van der Waals surface area contributed by atoms with Gasteiger partial charge in [0.25, 0.3) is 5.91 Å². The van der Waals surface area contributed by atoms with Crippen LogP contribution in [0.4, 0.5) is 5.69 Å². The number of hydrogen-bond donors (Lipinski definition) is 1. The minimum absolute atomic E-state index is 0. The lowest BCUT2D eigenvalue weighted by atomic mass is 10.2. The van der Waals surface area contributed by atoms with Crippen LogP contribution in [0.3, 0.4) is 0 Å². The van der Waals surface area contributed by atoms with Crippen LogP contribution in [0.2, 0.25) is 0 Å². The molecule has 0 aliphatic carbocycles. The molecule has 1 saturated heterocycles. The van der Waals surface area contributed by atoms with Crippen LogP contribution < -0.4 is 15.0 Å². The Labute approximate surface area is 197 Å². The standard InChI is InChI=1S/C22H35N5O2.HI/c1-4-23-22(26-14-12-25(13-15-26)16-18(2)3)24-10-7-11-27-19-8-5-6-9-20(19)29-17-21(27)28;/h5-6,8-9,18H,4,7,10-17H2,1-3H3,(H,23,24);1H. The number of halogens is 1. The van der Waals surface area contributed by atoms with Crippen molar-refractivity contribution in [1.29, 1.82) is 0 Å². The van der Waals surface area contributed by atoms with E-state index < -0.39 is 0 Å². The summed E-state index contributed by atoms with van der Waals surface area (Å²) in [7, 11) is 0. The minimum Gasteiger partial charge on any atom is -0.482 e. The van der Waals surface area contributed by atoms with Gasteiger partial charge < -0.3 is 19.9 Å². The zero-order valence-corrected chi connectivity index (χ0v) is 20.8. The SMILES string of the molecule is CCNC(=NCCCN1C(=O)COc2ccccc21)N1CCN(CC(C)C)CC1.I. The van der Waals surface area contributed by atoms with Crippen molar-refractivity contribution >= 4 is 41.5 Å². The zero-order valence-electron chi connectivity index (χ0n) is 18.5. The van der Waals surface area contributed by atoms with Crippen LogP contribution in [-0.4, -0.2) is 80.6 Å². The van der Waals surface area contributed by atoms with Crippen LogP contribution in [0.5, 0.6) is 5.75 Å². The van der Waals surface area contributed by atoms with Gasteiger partial charge in [-0.3, -0.25) is 14.7 Å². The van der Waals surface area contributed by atoms with Gasteiger partial charge in [0.15, 0.2) is 12.6 Å². The fourth-order valence-corrected chi connectivity index (χ4v) is 3.90. The van der Waals surface area contributed by atoms with Gasteiger partial charge in [0, 0.05) is 52.4 Å². The molecule has 0 aromatic heterocycles. The molecule has 0 bridgehead atoms. The molecule has 0 radical (unpaired) electrons. The van der Waals surface area contributed by atoms with Crippen LogP contribution >= 0.6 is 24.0 Å². The summed E-state index contributed by atoms with van der Waals surface area (Å²) in [5, 5.41) is 3.43. The van der Waals surface area contributed by atoms with Crippen LogP contribution in [-0.2, 0) is 4.79 Å². The Morgan fingerprint density at radius 3 is 2.63 bits per heavy atom. The highest BCUT2D eigenvalue weighted by Gasteiger charge is 2.24. The summed E-state index contributed by atoms with van der Waals surface area (Å²) in [4.78, 5) is 23.8. The maximum absolute atomic E-state index is 12.3. The van der Waals surface area contributed by atoms with Crippen molar-refractivity contribution in [3.8, 4) is 5.75 Å². The van der Waals surface area contributed by atoms with E-state index in [0.717, 1.165) is 63.1 Å². The van der Waals surface area contributed by atoms with E-state index in [2.05, 4.69) is 35.9 Å². The molecule has 30 heavy (non-hydrogen) atoms. The molecule has 0 spiro atoms. The number of rotatable bonds is 7. The van der Waals surface area contributed by atoms with Gasteiger partial charge in [-0.05, 0) is 31.4 Å². The second kappa shape index (κ2) is 12.3. The first-order valence-electron chi connectivity index (χ1n) is 10.9. The molecule has 2 heterocycles. The number of fused-ring (bicyclic) bond motifs is 1. The van der Waals surface area contributed by atoms with Crippen molar-refractivity contribution in [1.82, 2.24) is 15.1 Å². The number of nitrogens with zero attached hydrogens (tertiary/aromatic N) is 4. The zero-order chi connectivity index (χ0) is 20.6. The summed E-state index contributed by atoms with van der Waals surface area (Å²) in [5.41, 5.74) is 0.862. The number of aliphatic imine (C=N–C) groups is 1. The summed E-state index contributed by atoms with van der Waals surface area (Å²) >= 11 is 0. The van der Waals surface area contributed by atoms with E-state index in [1.165, 1.54) is 0 Å². The van der Waals surface area contributed by atoms with Crippen LogP contribution in [0.1, 0.15) is 27.2 Å². The van der Waals surface area contributed by atoms with Crippen molar-refractivity contribution in [3.05, 3.63) is 24.3 Å². The van der Waals surface area contributed by atoms with Gasteiger partial charge in [0.2, 0.25) is 0 Å². The highest BCUT2D eigenvalue weighted by Crippen LogP contribution is 2.31. The first-order valence-corrected chi connectivity index (χ1v) is 10.9. The molecule has 168 valence electrons. The summed E-state index contributed by atoms with van der Waals surface area (Å²) in [6.45, 7) is 14.3. The number of para-hydroxylation sites is 2. The van der Waals surface area contributed by atoms with Crippen molar-refractivity contribution in [2.75, 3.05) is 63.9 Å². The Morgan fingerprint density at radius 2 is 1.93 bits per heavy atom. The predicted molar refractivity (Wildman–Crippen MR) is 133 cm³/mol. The predicted octanol–water partition coefficient (Wildman–Crippen LogP) is 2.66. The van der Waals surface area contributed by atoms with Gasteiger partial charge in [0.05, 0.1) is 5.69 Å². The maximum atomic E-state index is 12.3. The van der Waals surface area contributed by atoms with E-state index in [0.29, 0.717) is 19.0 Å². The fourth-order valence-electron chi connectivity index (χ4n) is 3.90. The van der Waals surface area contributed by atoms with Gasteiger partial charge in [-0.1, -0.05) is 26.0 Å². The Kier molecular flexibility index (Phi) is 10.2. The van der Waals surface area contributed by atoms with Crippen LogP contribution in [0, 0.1) is 5.92 Å². The number of ether oxygens (including phenoxy) is 1. The second-order valence-corrected chi connectivity index (χ2v) is 8.07. The van der Waals surface area contributed by atoms with Crippen molar-refractivity contribution in [2.45, 2.75) is 27.2 Å². The summed E-state index contributed by atoms with van der Waals surface area (Å²) < 4.78 is 5.51. The molecule has 7 nitrogen and oxygen atoms in total. The third-order valence-corrected chi connectivity index (χ3v) is 5.24. The molecule has 1 amide bonds. The molecule has 8 heteroatoms. The van der Waals surface area contributed by atoms with Crippen molar-refractivity contribution in [2.24, 2.45) is 10.9 Å². The molecule has 1 fully saturated rings. The number of nitrogens with one attached hydrogen (secondary N) is 1. The monoisotopic (exact) mass is 529 g/mol. The number of carbonyl (C=O) groups is 1. The maximum Gasteiger partial charge on any atom is 0.265 e. The normalized spacial score (nSPS) is 17.5. The lowest BCUT2D eigenvalue weighted by molar-refractivity contribution is -0.121. The van der Waals surface area contributed by atoms with Crippen molar-refractivity contribution in [3.63, 3.8) is 0 Å². The molecular weight excluding hydrogens is 493 g/mol. The molecule has 1 aromatic carbocycles. The third kappa shape index (κ3) is 6.73. The van der Waals surface area contributed by atoms with Crippen LogP contribution in [0.15, 0.2) is 29.3 Å². The van der Waals surface area contributed by atoms with E-state index in [1.54, 1.807) is 0 Å². The number of piperazine rings is 1. The Morgan fingerprint density at radius 1 is 1.20 bits per heavy atom. The molecule has 0 saturated carbocycles. The van der Waals surface area contributed by atoms with Gasteiger partial charge in [-0.2, -0.15) is 0 Å². The average molecular weight is 529 g/mol. The largest absolute Gasteiger partial charge is 0.482 e. The number of amides is 1. The van der Waals surface area contributed by atoms with Gasteiger partial charge in [0.1, 0.15) is 5.75 Å². The summed E-state index contributed by atoms with van der Waals surface area (Å²) in [5.74, 6) is 2.49. The van der Waals surface area contributed by atoms with E-state index in [4.69, 9.17) is 9.73 Å². The Bertz CT molecular complexity index is 705. The van der Waals surface area contributed by atoms with Gasteiger partial charge in [-0.25, -0.2) is 0 Å². The highest BCUT2D eigenvalue weighted by molar-refractivity contribution is 14.0. The fraction of sp³-hybridized carbons (Fsp3) is 0.636. The third-order valence-electron chi connectivity index (χ3n) is 5.24. The topological polar surface area (TPSA) is 60.4 Å². The van der Waals surface area contributed by atoms with E-state index in [1.807, 2.05) is 29.2 Å². The number of guanidine groups is 1. The molecule has 2 aliphatic rings. The minimum atomic E-state index is 0. The quantitative estimate of drug-likeness (QED) is 0.255. The number of hydrogen-bond acceptors (Lipinski definition) is 4. The van der Waals surface area contributed by atoms with Gasteiger partial charge >= 0.3 is 0 Å². The summed E-state index contributed by atoms with van der Waals surface area (Å²) in [6, 6.07) is 7.72. The average Bonchev–Trinajstić information content (AvgIpc) is 2.72. The smallest absolute Gasteiger partial charge is 0.265 e. The molecule has 0 unspecified atom stereocenters.